The Morgan fingerprint density at radius 2 is 0.767 bits per heavy atom. The normalized spacial score (nSPS) is 10.1. The van der Waals surface area contributed by atoms with E-state index in [1.54, 1.807) is 48.5 Å². The number of phenols is 4. The lowest BCUT2D eigenvalue weighted by molar-refractivity contribution is 0.463. The van der Waals surface area contributed by atoms with E-state index in [2.05, 4.69) is 0 Å². The first-order chi connectivity index (χ1) is 14.5. The summed E-state index contributed by atoms with van der Waals surface area (Å²) in [6, 6.07) is 28.6. The summed E-state index contributed by atoms with van der Waals surface area (Å²) in [5.74, 6) is 1.09. The number of para-hydroxylation sites is 2. The number of aromatic hydroxyl groups is 4. The Balaban J connectivity index is 0.000000171. The van der Waals surface area contributed by atoms with Crippen LogP contribution in [0.15, 0.2) is 97.1 Å². The molecule has 0 atom stereocenters. The maximum Gasteiger partial charge on any atom is 0.119 e. The molecule has 0 fully saturated rings. The van der Waals surface area contributed by atoms with E-state index >= 15 is 0 Å². The highest BCUT2D eigenvalue weighted by Gasteiger charge is 2.04. The summed E-state index contributed by atoms with van der Waals surface area (Å²) in [6.45, 7) is 0. The van der Waals surface area contributed by atoms with Crippen LogP contribution in [-0.2, 0) is 12.8 Å². The number of benzene rings is 4. The van der Waals surface area contributed by atoms with Gasteiger partial charge in [0, 0.05) is 6.42 Å². The van der Waals surface area contributed by atoms with E-state index in [0.29, 0.717) is 6.42 Å². The topological polar surface area (TPSA) is 80.9 Å². The predicted molar refractivity (Wildman–Crippen MR) is 118 cm³/mol. The molecule has 0 saturated heterocycles. The van der Waals surface area contributed by atoms with E-state index in [1.165, 1.54) is 0 Å². The molecule has 0 aliphatic carbocycles. The second-order valence-electron chi connectivity index (χ2n) is 6.94. The highest BCUT2D eigenvalue weighted by molar-refractivity contribution is 5.41. The van der Waals surface area contributed by atoms with Gasteiger partial charge in [-0.15, -0.1) is 0 Å². The van der Waals surface area contributed by atoms with Crippen LogP contribution in [0.25, 0.3) is 0 Å². The van der Waals surface area contributed by atoms with E-state index < -0.39 is 0 Å². The Kier molecular flexibility index (Phi) is 6.95. The molecule has 4 rings (SSSR count). The van der Waals surface area contributed by atoms with Crippen LogP contribution in [0.1, 0.15) is 22.3 Å². The Labute approximate surface area is 176 Å². The lowest BCUT2D eigenvalue weighted by atomic mass is 10.0. The van der Waals surface area contributed by atoms with Gasteiger partial charge in [0.1, 0.15) is 23.0 Å². The van der Waals surface area contributed by atoms with E-state index in [-0.39, 0.29) is 23.0 Å². The molecular weight excluding hydrogens is 376 g/mol. The molecule has 0 unspecified atom stereocenters. The molecule has 0 aliphatic rings. The molecule has 0 aliphatic heterocycles. The fraction of sp³-hybridized carbons (Fsp3) is 0.0769. The monoisotopic (exact) mass is 400 g/mol. The summed E-state index contributed by atoms with van der Waals surface area (Å²) in [5.41, 5.74) is 3.91. The van der Waals surface area contributed by atoms with Crippen molar-refractivity contribution in [2.75, 3.05) is 0 Å². The molecule has 152 valence electrons. The van der Waals surface area contributed by atoms with Crippen molar-refractivity contribution in [3.63, 3.8) is 0 Å². The highest BCUT2D eigenvalue weighted by Crippen LogP contribution is 2.24. The Bertz CT molecular complexity index is 984. The molecule has 4 aromatic carbocycles. The summed E-state index contributed by atoms with van der Waals surface area (Å²) < 4.78 is 0. The molecular formula is C26H24O4. The molecule has 0 amide bonds. The second-order valence-corrected chi connectivity index (χ2v) is 6.94. The third-order valence-electron chi connectivity index (χ3n) is 4.65. The summed E-state index contributed by atoms with van der Waals surface area (Å²) in [4.78, 5) is 0. The number of rotatable bonds is 4. The van der Waals surface area contributed by atoms with Gasteiger partial charge in [-0.2, -0.15) is 0 Å². The van der Waals surface area contributed by atoms with Crippen LogP contribution in [0.4, 0.5) is 0 Å². The average molecular weight is 400 g/mol. The number of hydrogen-bond acceptors (Lipinski definition) is 4. The highest BCUT2D eigenvalue weighted by atomic mass is 16.3. The lowest BCUT2D eigenvalue weighted by Crippen LogP contribution is -1.88. The Morgan fingerprint density at radius 1 is 0.400 bits per heavy atom. The molecule has 30 heavy (non-hydrogen) atoms. The van der Waals surface area contributed by atoms with E-state index in [1.807, 2.05) is 48.5 Å². The zero-order valence-electron chi connectivity index (χ0n) is 16.4. The van der Waals surface area contributed by atoms with E-state index in [0.717, 1.165) is 28.7 Å². The summed E-state index contributed by atoms with van der Waals surface area (Å²) in [6.07, 6.45) is 1.35. The van der Waals surface area contributed by atoms with E-state index in [4.69, 9.17) is 10.2 Å². The van der Waals surface area contributed by atoms with Gasteiger partial charge in [0.05, 0.1) is 0 Å². The minimum atomic E-state index is 0.265. The van der Waals surface area contributed by atoms with Crippen molar-refractivity contribution < 1.29 is 20.4 Å². The Morgan fingerprint density at radius 3 is 1.13 bits per heavy atom. The summed E-state index contributed by atoms with van der Waals surface area (Å²) >= 11 is 0. The van der Waals surface area contributed by atoms with Gasteiger partial charge in [-0.3, -0.25) is 0 Å². The largest absolute Gasteiger partial charge is 0.508 e. The molecule has 0 bridgehead atoms. The van der Waals surface area contributed by atoms with Crippen LogP contribution in [0.3, 0.4) is 0 Å². The molecule has 0 heterocycles. The smallest absolute Gasteiger partial charge is 0.119 e. The molecule has 0 radical (unpaired) electrons. The van der Waals surface area contributed by atoms with Crippen LogP contribution in [0.5, 0.6) is 23.0 Å². The van der Waals surface area contributed by atoms with Crippen LogP contribution in [0, 0.1) is 0 Å². The third kappa shape index (κ3) is 6.04. The van der Waals surface area contributed by atoms with Crippen molar-refractivity contribution in [3.8, 4) is 23.0 Å². The molecule has 0 saturated carbocycles. The SMILES string of the molecule is Oc1ccc(Cc2ccc(O)cc2)cc1.Oc1ccccc1Cc1ccccc1O. The quantitative estimate of drug-likeness (QED) is 0.371. The van der Waals surface area contributed by atoms with Gasteiger partial charge in [0.15, 0.2) is 0 Å². The fourth-order valence-corrected chi connectivity index (χ4v) is 2.99. The van der Waals surface area contributed by atoms with Gasteiger partial charge < -0.3 is 20.4 Å². The lowest BCUT2D eigenvalue weighted by Gasteiger charge is -2.05. The minimum Gasteiger partial charge on any atom is -0.508 e. The van der Waals surface area contributed by atoms with Crippen molar-refractivity contribution in [1.82, 2.24) is 0 Å². The van der Waals surface area contributed by atoms with Gasteiger partial charge in [-0.05, 0) is 65.1 Å². The number of hydrogen-bond donors (Lipinski definition) is 4. The molecule has 0 aromatic heterocycles. The van der Waals surface area contributed by atoms with Crippen LogP contribution >= 0.6 is 0 Å². The zero-order valence-corrected chi connectivity index (χ0v) is 16.4. The van der Waals surface area contributed by atoms with Crippen molar-refractivity contribution in [1.29, 1.82) is 0 Å². The van der Waals surface area contributed by atoms with Gasteiger partial charge in [0.2, 0.25) is 0 Å². The molecule has 4 heteroatoms. The fourth-order valence-electron chi connectivity index (χ4n) is 2.99. The summed E-state index contributed by atoms with van der Waals surface area (Å²) in [5, 5.41) is 37.4. The average Bonchev–Trinajstić information content (AvgIpc) is 2.75. The minimum absolute atomic E-state index is 0.265. The van der Waals surface area contributed by atoms with Gasteiger partial charge >= 0.3 is 0 Å². The molecule has 4 aromatic rings. The first kappa shape index (κ1) is 20.8. The van der Waals surface area contributed by atoms with Gasteiger partial charge in [-0.25, -0.2) is 0 Å². The van der Waals surface area contributed by atoms with Crippen LogP contribution in [-0.4, -0.2) is 20.4 Å². The first-order valence-electron chi connectivity index (χ1n) is 9.61. The van der Waals surface area contributed by atoms with Gasteiger partial charge in [-0.1, -0.05) is 60.7 Å². The second kappa shape index (κ2) is 10.0. The summed E-state index contributed by atoms with van der Waals surface area (Å²) in [7, 11) is 0. The van der Waals surface area contributed by atoms with Crippen molar-refractivity contribution in [3.05, 3.63) is 119 Å². The maximum absolute atomic E-state index is 9.58. The number of phenolic OH excluding ortho intramolecular Hbond substituents is 4. The van der Waals surface area contributed by atoms with E-state index in [9.17, 15) is 10.2 Å². The maximum atomic E-state index is 9.58. The van der Waals surface area contributed by atoms with Crippen molar-refractivity contribution in [2.24, 2.45) is 0 Å². The molecule has 4 N–H and O–H groups in total. The van der Waals surface area contributed by atoms with Crippen molar-refractivity contribution >= 4 is 0 Å². The van der Waals surface area contributed by atoms with Gasteiger partial charge in [0.25, 0.3) is 0 Å². The van der Waals surface area contributed by atoms with Crippen LogP contribution < -0.4 is 0 Å². The molecule has 4 nitrogen and oxygen atoms in total. The standard InChI is InChI=1S/2C13H12O2/c14-12-5-1-10(2-6-12)9-11-3-7-13(15)8-4-11;14-12-7-3-1-5-10(12)9-11-6-2-4-8-13(11)15/h2*1-8,14-15H,9H2. The predicted octanol–water partition coefficient (Wildman–Crippen LogP) is 5.38. The molecule has 0 spiro atoms. The first-order valence-corrected chi connectivity index (χ1v) is 9.61. The van der Waals surface area contributed by atoms with Crippen LogP contribution in [0.2, 0.25) is 0 Å². The third-order valence-corrected chi connectivity index (χ3v) is 4.65. The Hall–Kier alpha value is -3.92. The zero-order chi connectivity index (χ0) is 21.3. The van der Waals surface area contributed by atoms with Crippen molar-refractivity contribution in [2.45, 2.75) is 12.8 Å².